The average molecular weight is 524 g/mol. The molecule has 6 heterocycles. The quantitative estimate of drug-likeness (QED) is 0.437. The zero-order chi connectivity index (χ0) is 26.4. The normalized spacial score (nSPS) is 25.5. The minimum atomic E-state index is -0.504. The van der Waals surface area contributed by atoms with Gasteiger partial charge < -0.3 is 25.0 Å². The number of hydrogen-bond donors (Lipinski definition) is 3. The number of piperidine rings is 1. The molecule has 3 fully saturated rings. The third-order valence-corrected chi connectivity index (χ3v) is 7.51. The summed E-state index contributed by atoms with van der Waals surface area (Å²) in [5.41, 5.74) is 1.17. The van der Waals surface area contributed by atoms with Gasteiger partial charge in [-0.15, -0.1) is 0 Å². The van der Waals surface area contributed by atoms with Gasteiger partial charge in [0.1, 0.15) is 11.4 Å². The number of amides is 1. The first-order valence-electron chi connectivity index (χ1n) is 13.7. The van der Waals surface area contributed by atoms with E-state index in [1.165, 1.54) is 0 Å². The zero-order valence-corrected chi connectivity index (χ0v) is 22.5. The van der Waals surface area contributed by atoms with Crippen LogP contribution < -0.4 is 10.6 Å². The Hall–Kier alpha value is -3.41. The van der Waals surface area contributed by atoms with Gasteiger partial charge in [-0.3, -0.25) is 5.10 Å². The number of carbonyl (C=O) groups excluding carboxylic acids is 1. The van der Waals surface area contributed by atoms with Gasteiger partial charge in [0.15, 0.2) is 17.7 Å². The summed E-state index contributed by atoms with van der Waals surface area (Å²) >= 11 is 0. The third kappa shape index (κ3) is 5.01. The summed E-state index contributed by atoms with van der Waals surface area (Å²) in [5, 5.41) is 19.7. The van der Waals surface area contributed by atoms with Gasteiger partial charge in [-0.25, -0.2) is 9.48 Å². The summed E-state index contributed by atoms with van der Waals surface area (Å²) in [5.74, 6) is 1.85. The van der Waals surface area contributed by atoms with Crippen LogP contribution in [0.25, 0.3) is 11.0 Å². The molecule has 3 aliphatic heterocycles. The number of nitrogens with zero attached hydrogens (tertiary/aromatic N) is 6. The van der Waals surface area contributed by atoms with Crippen molar-refractivity contribution >= 4 is 34.7 Å². The number of fused-ring (bicyclic) bond motifs is 3. The van der Waals surface area contributed by atoms with Crippen LogP contribution in [0.15, 0.2) is 12.3 Å². The topological polar surface area (TPSA) is 135 Å². The first kappa shape index (κ1) is 24.9. The third-order valence-electron chi connectivity index (χ3n) is 7.51. The molecule has 0 spiro atoms. The minimum Gasteiger partial charge on any atom is -0.444 e. The maximum atomic E-state index is 12.9. The summed E-state index contributed by atoms with van der Waals surface area (Å²) in [6, 6.07) is 2.37. The number of hydrogen-bond acceptors (Lipinski definition) is 9. The van der Waals surface area contributed by atoms with Crippen LogP contribution in [0, 0.1) is 6.92 Å². The standard InChI is InChI=1S/C26H37N9O3/c1-15-11-20(33-32-15)29-22-19-14-27-35(21-7-5-6-10-37-21)23(19)31-24(30-22)28-16-12-17-8-9-18(13-16)34(17)25(36)38-26(2,3)4/h11,14,16-18,21H,5-10,12-13H2,1-4H3,(H3,28,29,30,31,32,33)/t16?,17-,18+,21?. The van der Waals surface area contributed by atoms with Crippen LogP contribution in [0.5, 0.6) is 0 Å². The predicted octanol–water partition coefficient (Wildman–Crippen LogP) is 4.64. The maximum Gasteiger partial charge on any atom is 0.410 e. The minimum absolute atomic E-state index is 0.141. The van der Waals surface area contributed by atoms with Crippen molar-refractivity contribution in [1.29, 1.82) is 0 Å². The molecule has 0 aromatic carbocycles. The molecular formula is C26H37N9O3. The Kier molecular flexibility index (Phi) is 6.37. The number of carbonyl (C=O) groups is 1. The number of ether oxygens (including phenoxy) is 2. The molecule has 204 valence electrons. The van der Waals surface area contributed by atoms with Gasteiger partial charge in [0.05, 0.1) is 11.6 Å². The molecule has 3 aliphatic rings. The van der Waals surface area contributed by atoms with Crippen LogP contribution >= 0.6 is 0 Å². The summed E-state index contributed by atoms with van der Waals surface area (Å²) < 4.78 is 13.6. The second-order valence-corrected chi connectivity index (χ2v) is 11.7. The van der Waals surface area contributed by atoms with Crippen LogP contribution in [0.3, 0.4) is 0 Å². The molecule has 0 aliphatic carbocycles. The molecule has 12 nitrogen and oxygen atoms in total. The van der Waals surface area contributed by atoms with E-state index < -0.39 is 5.60 Å². The summed E-state index contributed by atoms with van der Waals surface area (Å²) in [4.78, 5) is 24.6. The molecule has 1 amide bonds. The molecular weight excluding hydrogens is 486 g/mol. The molecule has 3 aromatic rings. The lowest BCUT2D eigenvalue weighted by atomic mass is 9.98. The highest BCUT2D eigenvalue weighted by Crippen LogP contribution is 2.38. The molecule has 4 atom stereocenters. The van der Waals surface area contributed by atoms with Crippen molar-refractivity contribution < 1.29 is 14.3 Å². The fraction of sp³-hybridized carbons (Fsp3) is 0.654. The van der Waals surface area contributed by atoms with E-state index in [4.69, 9.17) is 19.4 Å². The van der Waals surface area contributed by atoms with Crippen molar-refractivity contribution in [2.75, 3.05) is 17.2 Å². The lowest BCUT2D eigenvalue weighted by Crippen LogP contribution is -2.51. The molecule has 2 bridgehead atoms. The SMILES string of the molecule is Cc1cc(Nc2nc(NC3C[C@H]4CC[C@@H](C3)N4C(=O)OC(C)(C)C)nc3c2cnn3C2CCCCO2)n[nH]1. The second kappa shape index (κ2) is 9.72. The van der Waals surface area contributed by atoms with Crippen LogP contribution in [0.4, 0.5) is 22.4 Å². The Bertz CT molecular complexity index is 1290. The fourth-order valence-corrected chi connectivity index (χ4v) is 5.91. The van der Waals surface area contributed by atoms with Crippen molar-refractivity contribution in [3.8, 4) is 0 Å². The lowest BCUT2D eigenvalue weighted by molar-refractivity contribution is -0.0370. The van der Waals surface area contributed by atoms with E-state index in [1.54, 1.807) is 6.20 Å². The Morgan fingerprint density at radius 3 is 2.61 bits per heavy atom. The first-order chi connectivity index (χ1) is 18.2. The summed E-state index contributed by atoms with van der Waals surface area (Å²) in [7, 11) is 0. The Morgan fingerprint density at radius 1 is 1.16 bits per heavy atom. The van der Waals surface area contributed by atoms with Gasteiger partial charge in [0.25, 0.3) is 0 Å². The monoisotopic (exact) mass is 523 g/mol. The van der Waals surface area contributed by atoms with Gasteiger partial charge in [-0.1, -0.05) is 0 Å². The molecule has 0 radical (unpaired) electrons. The molecule has 6 rings (SSSR count). The highest BCUT2D eigenvalue weighted by Gasteiger charge is 2.45. The van der Waals surface area contributed by atoms with Crippen LogP contribution in [-0.4, -0.2) is 71.3 Å². The van der Waals surface area contributed by atoms with E-state index in [0.29, 0.717) is 17.6 Å². The van der Waals surface area contributed by atoms with Crippen molar-refractivity contribution in [3.05, 3.63) is 18.0 Å². The predicted molar refractivity (Wildman–Crippen MR) is 142 cm³/mol. The highest BCUT2D eigenvalue weighted by molar-refractivity contribution is 5.89. The number of aryl methyl sites for hydroxylation is 1. The van der Waals surface area contributed by atoms with Crippen LogP contribution in [0.2, 0.25) is 0 Å². The van der Waals surface area contributed by atoms with E-state index in [2.05, 4.69) is 25.9 Å². The highest BCUT2D eigenvalue weighted by atomic mass is 16.6. The Morgan fingerprint density at radius 2 is 1.95 bits per heavy atom. The van der Waals surface area contributed by atoms with Crippen molar-refractivity contribution in [2.45, 2.75) is 103 Å². The van der Waals surface area contributed by atoms with Crippen molar-refractivity contribution in [3.63, 3.8) is 0 Å². The van der Waals surface area contributed by atoms with E-state index in [9.17, 15) is 4.79 Å². The summed E-state index contributed by atoms with van der Waals surface area (Å²) in [6.07, 6.45) is 8.11. The van der Waals surface area contributed by atoms with Gasteiger partial charge in [0, 0.05) is 36.5 Å². The Labute approximate surface area is 221 Å². The average Bonchev–Trinajstić information content (AvgIpc) is 3.54. The number of H-pyrrole nitrogens is 1. The van der Waals surface area contributed by atoms with Crippen LogP contribution in [0.1, 0.15) is 77.6 Å². The molecule has 3 N–H and O–H groups in total. The van der Waals surface area contributed by atoms with E-state index in [0.717, 1.165) is 68.3 Å². The number of aromatic nitrogens is 6. The van der Waals surface area contributed by atoms with E-state index in [1.807, 2.05) is 43.3 Å². The second-order valence-electron chi connectivity index (χ2n) is 11.7. The number of rotatable bonds is 5. The van der Waals surface area contributed by atoms with Gasteiger partial charge >= 0.3 is 6.09 Å². The smallest absolute Gasteiger partial charge is 0.410 e. The largest absolute Gasteiger partial charge is 0.444 e. The molecule has 3 aromatic heterocycles. The number of aromatic amines is 1. The fourth-order valence-electron chi connectivity index (χ4n) is 5.91. The van der Waals surface area contributed by atoms with Gasteiger partial charge in [-0.05, 0) is 72.6 Å². The van der Waals surface area contributed by atoms with E-state index >= 15 is 0 Å². The molecule has 0 saturated carbocycles. The van der Waals surface area contributed by atoms with Gasteiger partial charge in [0.2, 0.25) is 5.95 Å². The van der Waals surface area contributed by atoms with E-state index in [-0.39, 0.29) is 30.4 Å². The first-order valence-corrected chi connectivity index (χ1v) is 13.7. The Balaban J connectivity index is 1.26. The van der Waals surface area contributed by atoms with Crippen molar-refractivity contribution in [1.82, 2.24) is 34.8 Å². The number of anilines is 3. The lowest BCUT2D eigenvalue weighted by Gasteiger charge is -2.39. The summed E-state index contributed by atoms with van der Waals surface area (Å²) in [6.45, 7) is 8.41. The van der Waals surface area contributed by atoms with Crippen LogP contribution in [-0.2, 0) is 9.47 Å². The molecule has 12 heteroatoms. The molecule has 3 saturated heterocycles. The molecule has 2 unspecified atom stereocenters. The zero-order valence-electron chi connectivity index (χ0n) is 22.5. The number of nitrogens with one attached hydrogen (secondary N) is 3. The van der Waals surface area contributed by atoms with Crippen molar-refractivity contribution in [2.24, 2.45) is 0 Å². The van der Waals surface area contributed by atoms with Gasteiger partial charge in [-0.2, -0.15) is 20.2 Å². The molecule has 38 heavy (non-hydrogen) atoms. The maximum absolute atomic E-state index is 12.9.